The molecule has 16 heavy (non-hydrogen) atoms. The topological polar surface area (TPSA) is 15.3 Å². The molecule has 3 fully saturated rings. The minimum atomic E-state index is 0.500. The Hall–Kier alpha value is -0.0800. The van der Waals surface area contributed by atoms with Gasteiger partial charge in [-0.05, 0) is 32.6 Å². The Balaban J connectivity index is 1.68. The van der Waals surface area contributed by atoms with Crippen LogP contribution in [0.5, 0.6) is 0 Å². The van der Waals surface area contributed by atoms with Crippen LogP contribution in [0.4, 0.5) is 0 Å². The molecule has 1 N–H and O–H groups in total. The molecule has 92 valence electrons. The van der Waals surface area contributed by atoms with Crippen molar-refractivity contribution in [1.82, 2.24) is 10.2 Å². The SMILES string of the molecule is CC1CNC2(CCCCC2)CN1C1CCC1. The zero-order valence-corrected chi connectivity index (χ0v) is 10.7. The first kappa shape index (κ1) is 11.0. The third-order valence-corrected chi connectivity index (χ3v) is 5.18. The monoisotopic (exact) mass is 222 g/mol. The first-order chi connectivity index (χ1) is 7.79. The van der Waals surface area contributed by atoms with Crippen molar-refractivity contribution in [2.75, 3.05) is 13.1 Å². The molecular formula is C14H26N2. The van der Waals surface area contributed by atoms with E-state index in [1.54, 1.807) is 0 Å². The highest BCUT2D eigenvalue weighted by atomic mass is 15.3. The fraction of sp³-hybridized carbons (Fsp3) is 1.00. The van der Waals surface area contributed by atoms with E-state index < -0.39 is 0 Å². The Morgan fingerprint density at radius 2 is 1.81 bits per heavy atom. The maximum Gasteiger partial charge on any atom is 0.0309 e. The Labute approximate surface area is 99.8 Å². The third kappa shape index (κ3) is 1.91. The summed E-state index contributed by atoms with van der Waals surface area (Å²) in [5, 5.41) is 3.88. The van der Waals surface area contributed by atoms with E-state index in [2.05, 4.69) is 17.1 Å². The predicted octanol–water partition coefficient (Wildman–Crippen LogP) is 2.54. The Kier molecular flexibility index (Phi) is 2.97. The van der Waals surface area contributed by atoms with E-state index in [9.17, 15) is 0 Å². The minimum absolute atomic E-state index is 0.500. The second-order valence-corrected chi connectivity index (χ2v) is 6.33. The fourth-order valence-electron chi connectivity index (χ4n) is 3.81. The average molecular weight is 222 g/mol. The number of hydrogen-bond donors (Lipinski definition) is 1. The van der Waals surface area contributed by atoms with Gasteiger partial charge in [-0.3, -0.25) is 4.90 Å². The zero-order chi connectivity index (χ0) is 11.0. The third-order valence-electron chi connectivity index (χ3n) is 5.18. The quantitative estimate of drug-likeness (QED) is 0.733. The fourth-order valence-corrected chi connectivity index (χ4v) is 3.81. The summed E-state index contributed by atoms with van der Waals surface area (Å²) >= 11 is 0. The van der Waals surface area contributed by atoms with E-state index in [1.165, 1.54) is 64.5 Å². The van der Waals surface area contributed by atoms with Crippen LogP contribution >= 0.6 is 0 Å². The van der Waals surface area contributed by atoms with Gasteiger partial charge in [0.25, 0.3) is 0 Å². The number of nitrogens with one attached hydrogen (secondary N) is 1. The molecule has 1 atom stereocenters. The lowest BCUT2D eigenvalue weighted by atomic mass is 9.78. The molecule has 1 heterocycles. The predicted molar refractivity (Wildman–Crippen MR) is 67.6 cm³/mol. The summed E-state index contributed by atoms with van der Waals surface area (Å²) in [5.74, 6) is 0. The molecule has 1 unspecified atom stereocenters. The summed E-state index contributed by atoms with van der Waals surface area (Å²) in [6, 6.07) is 1.69. The molecule has 0 radical (unpaired) electrons. The van der Waals surface area contributed by atoms with Crippen LogP contribution in [0.3, 0.4) is 0 Å². The van der Waals surface area contributed by atoms with Gasteiger partial charge in [0.2, 0.25) is 0 Å². The molecule has 0 amide bonds. The summed E-state index contributed by atoms with van der Waals surface area (Å²) < 4.78 is 0. The van der Waals surface area contributed by atoms with Crippen LogP contribution in [0.2, 0.25) is 0 Å². The maximum atomic E-state index is 3.88. The molecule has 0 bridgehead atoms. The van der Waals surface area contributed by atoms with E-state index in [4.69, 9.17) is 0 Å². The molecule has 1 aliphatic heterocycles. The van der Waals surface area contributed by atoms with Crippen LogP contribution in [0.25, 0.3) is 0 Å². The van der Waals surface area contributed by atoms with Crippen LogP contribution < -0.4 is 5.32 Å². The second kappa shape index (κ2) is 4.30. The van der Waals surface area contributed by atoms with Gasteiger partial charge in [0.05, 0.1) is 0 Å². The molecule has 1 saturated heterocycles. The molecular weight excluding hydrogens is 196 g/mol. The van der Waals surface area contributed by atoms with Gasteiger partial charge in [0.1, 0.15) is 0 Å². The number of nitrogens with zero attached hydrogens (tertiary/aromatic N) is 1. The van der Waals surface area contributed by atoms with Crippen molar-refractivity contribution in [3.8, 4) is 0 Å². The first-order valence-electron chi connectivity index (χ1n) is 7.30. The lowest BCUT2D eigenvalue weighted by Gasteiger charge is -2.53. The minimum Gasteiger partial charge on any atom is -0.308 e. The maximum absolute atomic E-state index is 3.88. The molecule has 0 aromatic carbocycles. The van der Waals surface area contributed by atoms with Gasteiger partial charge in [-0.2, -0.15) is 0 Å². The molecule has 2 saturated carbocycles. The Morgan fingerprint density at radius 3 is 2.44 bits per heavy atom. The van der Waals surface area contributed by atoms with Crippen molar-refractivity contribution in [1.29, 1.82) is 0 Å². The van der Waals surface area contributed by atoms with Crippen molar-refractivity contribution in [3.05, 3.63) is 0 Å². The summed E-state index contributed by atoms with van der Waals surface area (Å²) in [7, 11) is 0. The number of rotatable bonds is 1. The van der Waals surface area contributed by atoms with Crippen LogP contribution in [0, 0.1) is 0 Å². The first-order valence-corrected chi connectivity index (χ1v) is 7.30. The summed E-state index contributed by atoms with van der Waals surface area (Å²) in [6.45, 7) is 4.95. The highest BCUT2D eigenvalue weighted by molar-refractivity contribution is 5.01. The van der Waals surface area contributed by atoms with Crippen LogP contribution in [-0.4, -0.2) is 35.6 Å². The number of hydrogen-bond acceptors (Lipinski definition) is 2. The molecule has 1 spiro atoms. The Bertz CT molecular complexity index is 239. The molecule has 0 aromatic heterocycles. The lowest BCUT2D eigenvalue weighted by molar-refractivity contribution is 0.00488. The summed E-state index contributed by atoms with van der Waals surface area (Å²) in [4.78, 5) is 2.82. The van der Waals surface area contributed by atoms with Crippen LogP contribution in [-0.2, 0) is 0 Å². The van der Waals surface area contributed by atoms with Crippen LogP contribution in [0.15, 0.2) is 0 Å². The number of piperazine rings is 1. The summed E-state index contributed by atoms with van der Waals surface area (Å²) in [6.07, 6.45) is 11.6. The smallest absolute Gasteiger partial charge is 0.0309 e. The van der Waals surface area contributed by atoms with Gasteiger partial charge in [-0.1, -0.05) is 25.7 Å². The van der Waals surface area contributed by atoms with Crippen molar-refractivity contribution in [2.24, 2.45) is 0 Å². The van der Waals surface area contributed by atoms with Gasteiger partial charge in [-0.15, -0.1) is 0 Å². The highest BCUT2D eigenvalue weighted by Gasteiger charge is 2.41. The molecule has 2 heteroatoms. The zero-order valence-electron chi connectivity index (χ0n) is 10.7. The largest absolute Gasteiger partial charge is 0.308 e. The lowest BCUT2D eigenvalue weighted by Crippen LogP contribution is -2.66. The van der Waals surface area contributed by atoms with Gasteiger partial charge in [0, 0.05) is 30.7 Å². The van der Waals surface area contributed by atoms with Gasteiger partial charge in [-0.25, -0.2) is 0 Å². The molecule has 2 nitrogen and oxygen atoms in total. The van der Waals surface area contributed by atoms with Crippen molar-refractivity contribution in [3.63, 3.8) is 0 Å². The summed E-state index contributed by atoms with van der Waals surface area (Å²) in [5.41, 5.74) is 0.500. The van der Waals surface area contributed by atoms with E-state index >= 15 is 0 Å². The van der Waals surface area contributed by atoms with E-state index in [0.29, 0.717) is 5.54 Å². The van der Waals surface area contributed by atoms with Crippen molar-refractivity contribution >= 4 is 0 Å². The van der Waals surface area contributed by atoms with Gasteiger partial charge >= 0.3 is 0 Å². The van der Waals surface area contributed by atoms with Gasteiger partial charge in [0.15, 0.2) is 0 Å². The average Bonchev–Trinajstić information content (AvgIpc) is 2.23. The second-order valence-electron chi connectivity index (χ2n) is 6.33. The van der Waals surface area contributed by atoms with Gasteiger partial charge < -0.3 is 5.32 Å². The Morgan fingerprint density at radius 1 is 1.06 bits per heavy atom. The van der Waals surface area contributed by atoms with Crippen molar-refractivity contribution < 1.29 is 0 Å². The van der Waals surface area contributed by atoms with E-state index in [1.807, 2.05) is 0 Å². The normalized spacial score (nSPS) is 36.2. The van der Waals surface area contributed by atoms with Crippen molar-refractivity contribution in [2.45, 2.75) is 75.9 Å². The van der Waals surface area contributed by atoms with Crippen LogP contribution in [0.1, 0.15) is 58.3 Å². The highest BCUT2D eigenvalue weighted by Crippen LogP contribution is 2.35. The molecule has 3 aliphatic rings. The molecule has 3 rings (SSSR count). The van der Waals surface area contributed by atoms with E-state index in [-0.39, 0.29) is 0 Å². The standard InChI is InChI=1S/C14H26N2/c1-12-10-15-14(8-3-2-4-9-14)11-16(12)13-6-5-7-13/h12-13,15H,2-11H2,1H3. The molecule has 0 aromatic rings. The molecule has 2 aliphatic carbocycles. The van der Waals surface area contributed by atoms with E-state index in [0.717, 1.165) is 12.1 Å².